The van der Waals surface area contributed by atoms with Crippen LogP contribution in [0.2, 0.25) is 0 Å². The zero-order valence-corrected chi connectivity index (χ0v) is 11.2. The van der Waals surface area contributed by atoms with Gasteiger partial charge in [-0.05, 0) is 33.0 Å². The van der Waals surface area contributed by atoms with Crippen LogP contribution in [0, 0.1) is 0 Å². The molecule has 0 aliphatic rings. The van der Waals surface area contributed by atoms with Crippen molar-refractivity contribution < 1.29 is 9.53 Å². The first kappa shape index (κ1) is 14.0. The van der Waals surface area contributed by atoms with Crippen LogP contribution in [-0.4, -0.2) is 35.9 Å². The normalized spacial score (nSPS) is 14.1. The predicted molar refractivity (Wildman–Crippen MR) is 69.1 cm³/mol. The lowest BCUT2D eigenvalue weighted by molar-refractivity contribution is -0.149. The molecular weight excluding hydrogens is 236 g/mol. The van der Waals surface area contributed by atoms with Gasteiger partial charge in [-0.25, -0.2) is 0 Å². The highest BCUT2D eigenvalue weighted by Gasteiger charge is 2.32. The van der Waals surface area contributed by atoms with E-state index < -0.39 is 5.54 Å². The average Bonchev–Trinajstić information content (AvgIpc) is 2.37. The van der Waals surface area contributed by atoms with Crippen molar-refractivity contribution in [2.45, 2.75) is 24.3 Å². The fourth-order valence-corrected chi connectivity index (χ4v) is 2.22. The summed E-state index contributed by atoms with van der Waals surface area (Å²) < 4.78 is 5.06. The third kappa shape index (κ3) is 4.02. The maximum Gasteiger partial charge on any atom is 0.326 e. The summed E-state index contributed by atoms with van der Waals surface area (Å²) in [5, 5.41) is 3.02. The highest BCUT2D eigenvalue weighted by atomic mass is 32.2. The maximum atomic E-state index is 11.8. The number of likely N-dealkylation sites (N-methyl/N-ethyl adjacent to an activating group) is 1. The molecule has 1 aromatic heterocycles. The quantitative estimate of drug-likeness (QED) is 0.619. The Morgan fingerprint density at radius 1 is 1.53 bits per heavy atom. The molecule has 94 valence electrons. The molecule has 1 aromatic rings. The second-order valence-corrected chi connectivity index (χ2v) is 4.82. The summed E-state index contributed by atoms with van der Waals surface area (Å²) in [6, 6.07) is 3.85. The van der Waals surface area contributed by atoms with Crippen molar-refractivity contribution in [3.05, 3.63) is 24.5 Å². The summed E-state index contributed by atoms with van der Waals surface area (Å²) in [5.74, 6) is 0.399. The zero-order valence-electron chi connectivity index (χ0n) is 10.4. The van der Waals surface area contributed by atoms with Gasteiger partial charge in [0.25, 0.3) is 0 Å². The van der Waals surface area contributed by atoms with E-state index in [1.54, 1.807) is 31.2 Å². The summed E-state index contributed by atoms with van der Waals surface area (Å²) in [7, 11) is 1.77. The third-order valence-corrected chi connectivity index (χ3v) is 3.78. The van der Waals surface area contributed by atoms with Crippen molar-refractivity contribution in [2.75, 3.05) is 19.4 Å². The fraction of sp³-hybridized carbons (Fsp3) is 0.500. The summed E-state index contributed by atoms with van der Waals surface area (Å²) >= 11 is 1.60. The average molecular weight is 254 g/mol. The van der Waals surface area contributed by atoms with Crippen LogP contribution < -0.4 is 5.32 Å². The maximum absolute atomic E-state index is 11.8. The van der Waals surface area contributed by atoms with E-state index in [2.05, 4.69) is 10.3 Å². The molecular formula is C12H18N2O2S. The number of thioether (sulfide) groups is 1. The van der Waals surface area contributed by atoms with Gasteiger partial charge >= 0.3 is 5.97 Å². The molecule has 0 amide bonds. The van der Waals surface area contributed by atoms with Gasteiger partial charge < -0.3 is 10.1 Å². The lowest BCUT2D eigenvalue weighted by Crippen LogP contribution is -2.50. The molecule has 1 N–H and O–H groups in total. The van der Waals surface area contributed by atoms with Gasteiger partial charge in [0.1, 0.15) is 5.54 Å². The summed E-state index contributed by atoms with van der Waals surface area (Å²) in [6.45, 7) is 4.05. The number of pyridine rings is 1. The van der Waals surface area contributed by atoms with Crippen LogP contribution in [0.1, 0.15) is 13.8 Å². The Morgan fingerprint density at radius 3 is 2.71 bits per heavy atom. The number of hydrogen-bond donors (Lipinski definition) is 1. The monoisotopic (exact) mass is 254 g/mol. The van der Waals surface area contributed by atoms with Gasteiger partial charge in [-0.1, -0.05) is 0 Å². The Labute approximate surface area is 106 Å². The van der Waals surface area contributed by atoms with Gasteiger partial charge in [-0.15, -0.1) is 11.8 Å². The number of carbonyl (C=O) groups excluding carboxylic acids is 1. The number of aromatic nitrogens is 1. The molecule has 0 radical (unpaired) electrons. The molecule has 17 heavy (non-hydrogen) atoms. The molecule has 1 rings (SSSR count). The Bertz CT molecular complexity index is 359. The number of nitrogens with one attached hydrogen (secondary N) is 1. The molecule has 1 heterocycles. The standard InChI is InChI=1S/C12H18N2O2S/c1-4-16-11(15)12(2,13-3)9-17-10-5-7-14-8-6-10/h5-8,13H,4,9H2,1-3H3. The van der Waals surface area contributed by atoms with E-state index in [-0.39, 0.29) is 5.97 Å². The first-order valence-corrected chi connectivity index (χ1v) is 6.50. The second kappa shape index (κ2) is 6.61. The lowest BCUT2D eigenvalue weighted by atomic mass is 10.1. The Morgan fingerprint density at radius 2 is 2.18 bits per heavy atom. The number of ether oxygens (including phenoxy) is 1. The topological polar surface area (TPSA) is 51.2 Å². The fourth-order valence-electron chi connectivity index (χ4n) is 1.19. The molecule has 0 aliphatic heterocycles. The molecule has 0 saturated carbocycles. The Hall–Kier alpha value is -1.07. The van der Waals surface area contributed by atoms with E-state index in [9.17, 15) is 4.79 Å². The van der Waals surface area contributed by atoms with Crippen LogP contribution in [0.4, 0.5) is 0 Å². The molecule has 0 aromatic carbocycles. The van der Waals surface area contributed by atoms with Gasteiger partial charge in [0, 0.05) is 23.0 Å². The second-order valence-electron chi connectivity index (χ2n) is 3.77. The van der Waals surface area contributed by atoms with E-state index in [0.717, 1.165) is 4.90 Å². The van der Waals surface area contributed by atoms with Crippen LogP contribution in [-0.2, 0) is 9.53 Å². The van der Waals surface area contributed by atoms with Gasteiger partial charge in [0.05, 0.1) is 6.61 Å². The third-order valence-electron chi connectivity index (χ3n) is 2.45. The molecule has 5 heteroatoms. The highest BCUT2D eigenvalue weighted by Crippen LogP contribution is 2.22. The molecule has 0 aliphatic carbocycles. The SMILES string of the molecule is CCOC(=O)C(C)(CSc1ccncc1)NC. The molecule has 4 nitrogen and oxygen atoms in total. The minimum absolute atomic E-state index is 0.218. The van der Waals surface area contributed by atoms with E-state index in [0.29, 0.717) is 12.4 Å². The van der Waals surface area contributed by atoms with Crippen molar-refractivity contribution in [3.63, 3.8) is 0 Å². The molecule has 0 bridgehead atoms. The van der Waals surface area contributed by atoms with E-state index in [4.69, 9.17) is 4.74 Å². The number of esters is 1. The molecule has 0 fully saturated rings. The molecule has 0 spiro atoms. The van der Waals surface area contributed by atoms with Crippen molar-refractivity contribution in [1.82, 2.24) is 10.3 Å². The minimum atomic E-state index is -0.663. The van der Waals surface area contributed by atoms with Crippen LogP contribution in [0.3, 0.4) is 0 Å². The highest BCUT2D eigenvalue weighted by molar-refractivity contribution is 7.99. The number of nitrogens with zero attached hydrogens (tertiary/aromatic N) is 1. The largest absolute Gasteiger partial charge is 0.465 e. The molecule has 0 saturated heterocycles. The van der Waals surface area contributed by atoms with Gasteiger partial charge in [0.2, 0.25) is 0 Å². The van der Waals surface area contributed by atoms with Gasteiger partial charge in [-0.2, -0.15) is 0 Å². The van der Waals surface area contributed by atoms with Crippen molar-refractivity contribution in [3.8, 4) is 0 Å². The van der Waals surface area contributed by atoms with Crippen LogP contribution in [0.5, 0.6) is 0 Å². The van der Waals surface area contributed by atoms with E-state index in [1.807, 2.05) is 26.0 Å². The minimum Gasteiger partial charge on any atom is -0.465 e. The van der Waals surface area contributed by atoms with E-state index in [1.165, 1.54) is 0 Å². The van der Waals surface area contributed by atoms with Gasteiger partial charge in [0.15, 0.2) is 0 Å². The molecule has 1 atom stereocenters. The van der Waals surface area contributed by atoms with Crippen LogP contribution in [0.25, 0.3) is 0 Å². The Balaban J connectivity index is 2.60. The van der Waals surface area contributed by atoms with Crippen LogP contribution in [0.15, 0.2) is 29.4 Å². The predicted octanol–water partition coefficient (Wildman–Crippen LogP) is 1.71. The Kier molecular flexibility index (Phi) is 5.44. The first-order chi connectivity index (χ1) is 8.12. The molecule has 1 unspecified atom stereocenters. The summed E-state index contributed by atoms with van der Waals surface area (Å²) in [6.07, 6.45) is 3.48. The number of rotatable bonds is 6. The van der Waals surface area contributed by atoms with Crippen molar-refractivity contribution in [2.24, 2.45) is 0 Å². The van der Waals surface area contributed by atoms with Gasteiger partial charge in [-0.3, -0.25) is 9.78 Å². The zero-order chi connectivity index (χ0) is 12.7. The summed E-state index contributed by atoms with van der Waals surface area (Å²) in [4.78, 5) is 16.8. The van der Waals surface area contributed by atoms with Crippen molar-refractivity contribution in [1.29, 1.82) is 0 Å². The summed E-state index contributed by atoms with van der Waals surface area (Å²) in [5.41, 5.74) is -0.663. The number of hydrogen-bond acceptors (Lipinski definition) is 5. The van der Waals surface area contributed by atoms with Crippen molar-refractivity contribution >= 4 is 17.7 Å². The van der Waals surface area contributed by atoms with Crippen LogP contribution >= 0.6 is 11.8 Å². The number of carbonyl (C=O) groups is 1. The lowest BCUT2D eigenvalue weighted by Gasteiger charge is -2.26. The first-order valence-electron chi connectivity index (χ1n) is 5.51. The smallest absolute Gasteiger partial charge is 0.326 e. The van der Waals surface area contributed by atoms with E-state index >= 15 is 0 Å².